The van der Waals surface area contributed by atoms with E-state index in [1.165, 1.54) is 21.6 Å². The van der Waals surface area contributed by atoms with Crippen molar-refractivity contribution in [1.82, 2.24) is 24.1 Å². The number of piperidine rings is 1. The fourth-order valence-electron chi connectivity index (χ4n) is 4.99. The summed E-state index contributed by atoms with van der Waals surface area (Å²) in [6.07, 6.45) is 7.99. The standard InChI is InChI=1S/C25H38N6O6S/c1-24(6-7-24)37-23(33)29-10-4-19(5-11-29)17-36-21-15-26-20(14-27-21)31-13-12-30(16-22(31)32)38(34,35)18-25(8-9-25)28(2)3/h14-15,19H,4-13,16-18H2,1-3H3. The van der Waals surface area contributed by atoms with E-state index in [9.17, 15) is 18.0 Å². The van der Waals surface area contributed by atoms with Gasteiger partial charge in [0.05, 0.1) is 31.3 Å². The molecule has 4 aliphatic rings. The van der Waals surface area contributed by atoms with E-state index in [-0.39, 0.29) is 48.5 Å². The summed E-state index contributed by atoms with van der Waals surface area (Å²) in [5, 5.41) is 0. The van der Waals surface area contributed by atoms with Gasteiger partial charge in [-0.2, -0.15) is 4.31 Å². The number of likely N-dealkylation sites (tertiary alicyclic amines) is 1. The second-order valence-corrected chi connectivity index (χ2v) is 13.5. The van der Waals surface area contributed by atoms with E-state index in [0.717, 1.165) is 38.5 Å². The molecule has 2 aliphatic carbocycles. The molecular weight excluding hydrogens is 512 g/mol. The molecule has 0 atom stereocenters. The van der Waals surface area contributed by atoms with Crippen LogP contribution in [0.2, 0.25) is 0 Å². The minimum atomic E-state index is -3.54. The molecule has 2 saturated carbocycles. The zero-order chi connectivity index (χ0) is 27.1. The summed E-state index contributed by atoms with van der Waals surface area (Å²) in [5.41, 5.74) is -0.569. The number of amides is 2. The number of carbonyl (C=O) groups excluding carboxylic acids is 2. The van der Waals surface area contributed by atoms with Gasteiger partial charge in [-0.05, 0) is 65.5 Å². The first-order valence-corrected chi connectivity index (χ1v) is 15.0. The number of hydrogen-bond acceptors (Lipinski definition) is 9. The summed E-state index contributed by atoms with van der Waals surface area (Å²) in [6, 6.07) is 0. The van der Waals surface area contributed by atoms with Crippen molar-refractivity contribution in [3.8, 4) is 5.88 Å². The predicted octanol–water partition coefficient (Wildman–Crippen LogP) is 1.33. The van der Waals surface area contributed by atoms with E-state index in [1.54, 1.807) is 4.90 Å². The quantitative estimate of drug-likeness (QED) is 0.448. The van der Waals surface area contributed by atoms with Crippen LogP contribution in [0.3, 0.4) is 0 Å². The molecule has 0 unspecified atom stereocenters. The maximum Gasteiger partial charge on any atom is 0.410 e. The van der Waals surface area contributed by atoms with Gasteiger partial charge in [0.2, 0.25) is 21.8 Å². The Labute approximate surface area is 224 Å². The monoisotopic (exact) mass is 550 g/mol. The van der Waals surface area contributed by atoms with Gasteiger partial charge in [0.1, 0.15) is 5.60 Å². The molecular formula is C25H38N6O6S. The zero-order valence-corrected chi connectivity index (χ0v) is 23.3. The Morgan fingerprint density at radius 2 is 1.79 bits per heavy atom. The maximum absolute atomic E-state index is 12.9. The van der Waals surface area contributed by atoms with Crippen molar-refractivity contribution in [2.75, 3.05) is 64.1 Å². The summed E-state index contributed by atoms with van der Waals surface area (Å²) in [4.78, 5) is 38.9. The Balaban J connectivity index is 1.07. The van der Waals surface area contributed by atoms with Crippen molar-refractivity contribution >= 4 is 27.8 Å². The van der Waals surface area contributed by atoms with Crippen LogP contribution in [0.15, 0.2) is 12.4 Å². The van der Waals surface area contributed by atoms with Gasteiger partial charge in [0.15, 0.2) is 5.82 Å². The predicted molar refractivity (Wildman–Crippen MR) is 139 cm³/mol. The highest BCUT2D eigenvalue weighted by Gasteiger charge is 2.50. The molecule has 2 saturated heterocycles. The molecule has 13 heteroatoms. The second-order valence-electron chi connectivity index (χ2n) is 11.5. The lowest BCUT2D eigenvalue weighted by molar-refractivity contribution is -0.120. The van der Waals surface area contributed by atoms with Crippen molar-refractivity contribution in [1.29, 1.82) is 0 Å². The minimum absolute atomic E-state index is 0.0364. The van der Waals surface area contributed by atoms with Crippen molar-refractivity contribution in [3.63, 3.8) is 0 Å². The van der Waals surface area contributed by atoms with E-state index in [2.05, 4.69) is 9.97 Å². The first-order chi connectivity index (χ1) is 18.0. The number of hydrogen-bond donors (Lipinski definition) is 0. The van der Waals surface area contributed by atoms with Gasteiger partial charge in [0, 0.05) is 31.7 Å². The zero-order valence-electron chi connectivity index (χ0n) is 22.5. The van der Waals surface area contributed by atoms with Crippen LogP contribution in [-0.4, -0.2) is 115 Å². The first kappa shape index (κ1) is 27.1. The van der Waals surface area contributed by atoms with Crippen LogP contribution in [0, 0.1) is 5.92 Å². The minimum Gasteiger partial charge on any atom is -0.476 e. The molecule has 0 bridgehead atoms. The van der Waals surface area contributed by atoms with Gasteiger partial charge in [0.25, 0.3) is 0 Å². The van der Waals surface area contributed by atoms with Crippen LogP contribution in [0.5, 0.6) is 5.88 Å². The lowest BCUT2D eigenvalue weighted by Gasteiger charge is -2.34. The van der Waals surface area contributed by atoms with Crippen molar-refractivity contribution < 1.29 is 27.5 Å². The normalized spacial score (nSPS) is 23.4. The molecule has 0 aromatic carbocycles. The number of carbonyl (C=O) groups is 2. The van der Waals surface area contributed by atoms with Gasteiger partial charge >= 0.3 is 6.09 Å². The number of aromatic nitrogens is 2. The number of ether oxygens (including phenoxy) is 2. The summed E-state index contributed by atoms with van der Waals surface area (Å²) < 4.78 is 38.6. The molecule has 2 aliphatic heterocycles. The molecule has 0 N–H and O–H groups in total. The smallest absolute Gasteiger partial charge is 0.410 e. The van der Waals surface area contributed by atoms with Crippen molar-refractivity contribution in [2.24, 2.45) is 5.92 Å². The molecule has 38 heavy (non-hydrogen) atoms. The van der Waals surface area contributed by atoms with Gasteiger partial charge in [-0.3, -0.25) is 9.69 Å². The molecule has 210 valence electrons. The van der Waals surface area contributed by atoms with E-state index in [1.807, 2.05) is 25.9 Å². The molecule has 4 fully saturated rings. The molecule has 3 heterocycles. The first-order valence-electron chi connectivity index (χ1n) is 13.4. The van der Waals surface area contributed by atoms with Gasteiger partial charge in [-0.25, -0.2) is 23.2 Å². The second kappa shape index (κ2) is 10.2. The van der Waals surface area contributed by atoms with Gasteiger partial charge < -0.3 is 19.3 Å². The third kappa shape index (κ3) is 6.04. The van der Waals surface area contributed by atoms with E-state index in [0.29, 0.717) is 37.3 Å². The number of sulfonamides is 1. The number of nitrogens with zero attached hydrogens (tertiary/aromatic N) is 6. The SMILES string of the molecule is CN(C)C1(CS(=O)(=O)N2CCN(c3cnc(OCC4CCN(C(=O)OC5(C)CC5)CC4)cn3)C(=O)C2)CC1. The van der Waals surface area contributed by atoms with Crippen LogP contribution >= 0.6 is 0 Å². The summed E-state index contributed by atoms with van der Waals surface area (Å²) in [7, 11) is 0.254. The fourth-order valence-corrected chi connectivity index (χ4v) is 7.06. The molecule has 1 aromatic rings. The highest BCUT2D eigenvalue weighted by molar-refractivity contribution is 7.89. The van der Waals surface area contributed by atoms with Crippen LogP contribution in [0.4, 0.5) is 10.6 Å². The van der Waals surface area contributed by atoms with E-state index in [4.69, 9.17) is 9.47 Å². The molecule has 0 spiro atoms. The lowest BCUT2D eigenvalue weighted by atomic mass is 9.98. The topological polar surface area (TPSA) is 125 Å². The number of piperazine rings is 1. The summed E-state index contributed by atoms with van der Waals surface area (Å²) >= 11 is 0. The Bertz CT molecular complexity index is 1140. The van der Waals surface area contributed by atoms with E-state index >= 15 is 0 Å². The summed E-state index contributed by atoms with van der Waals surface area (Å²) in [6.45, 7) is 3.98. The Hall–Kier alpha value is -2.51. The highest BCUT2D eigenvalue weighted by Crippen LogP contribution is 2.42. The fraction of sp³-hybridized carbons (Fsp3) is 0.760. The van der Waals surface area contributed by atoms with Crippen LogP contribution in [-0.2, 0) is 19.6 Å². The molecule has 5 rings (SSSR count). The van der Waals surface area contributed by atoms with E-state index < -0.39 is 10.0 Å². The molecule has 12 nitrogen and oxygen atoms in total. The Morgan fingerprint density at radius 1 is 1.08 bits per heavy atom. The van der Waals surface area contributed by atoms with Crippen molar-refractivity contribution in [2.45, 2.75) is 56.6 Å². The average Bonchev–Trinajstić information content (AvgIpc) is 3.81. The number of rotatable bonds is 9. The molecule has 1 aromatic heterocycles. The highest BCUT2D eigenvalue weighted by atomic mass is 32.2. The largest absolute Gasteiger partial charge is 0.476 e. The maximum atomic E-state index is 12.9. The number of anilines is 1. The van der Waals surface area contributed by atoms with Crippen molar-refractivity contribution in [3.05, 3.63) is 12.4 Å². The third-order valence-electron chi connectivity index (χ3n) is 8.32. The Morgan fingerprint density at radius 3 is 2.34 bits per heavy atom. The van der Waals surface area contributed by atoms with Gasteiger partial charge in [-0.15, -0.1) is 0 Å². The van der Waals surface area contributed by atoms with Crippen LogP contribution < -0.4 is 9.64 Å². The van der Waals surface area contributed by atoms with Crippen LogP contribution in [0.1, 0.15) is 45.4 Å². The summed E-state index contributed by atoms with van der Waals surface area (Å²) in [5.74, 6) is 0.760. The Kier molecular flexibility index (Phi) is 7.29. The van der Waals surface area contributed by atoms with Crippen LogP contribution in [0.25, 0.3) is 0 Å². The third-order valence-corrected chi connectivity index (χ3v) is 10.3. The lowest BCUT2D eigenvalue weighted by Crippen LogP contribution is -2.54. The molecule has 2 amide bonds. The average molecular weight is 551 g/mol. The molecule has 0 radical (unpaired) electrons. The van der Waals surface area contributed by atoms with Gasteiger partial charge in [-0.1, -0.05) is 0 Å².